The van der Waals surface area contributed by atoms with Crippen LogP contribution in [0.1, 0.15) is 27.1 Å². The van der Waals surface area contributed by atoms with E-state index in [-0.39, 0.29) is 24.1 Å². The van der Waals surface area contributed by atoms with Crippen LogP contribution < -0.4 is 15.5 Å². The highest BCUT2D eigenvalue weighted by Gasteiger charge is 2.45. The highest BCUT2D eigenvalue weighted by Crippen LogP contribution is 2.31. The average molecular weight is 361 g/mol. The van der Waals surface area contributed by atoms with E-state index in [1.807, 2.05) is 10.2 Å². The second-order valence-electron chi connectivity index (χ2n) is 6.24. The number of fused-ring (bicyclic) bond motifs is 1. The van der Waals surface area contributed by atoms with Gasteiger partial charge in [-0.1, -0.05) is 0 Å². The van der Waals surface area contributed by atoms with Crippen molar-refractivity contribution < 1.29 is 23.6 Å². The summed E-state index contributed by atoms with van der Waals surface area (Å²) in [6, 6.07) is 1.84. The molecule has 0 saturated carbocycles. The quantitative estimate of drug-likeness (QED) is 0.701. The van der Waals surface area contributed by atoms with E-state index < -0.39 is 29.6 Å². The number of piperazine rings is 1. The van der Waals surface area contributed by atoms with Gasteiger partial charge in [0.05, 0.1) is 17.7 Å². The SMILES string of the molecule is O=C1CCN(N2C(=O)c3cc(N4CCNCC4)cc(F)c3C2=O)C(=O)N1. The van der Waals surface area contributed by atoms with Crippen molar-refractivity contribution in [1.29, 1.82) is 0 Å². The van der Waals surface area contributed by atoms with E-state index >= 15 is 0 Å². The van der Waals surface area contributed by atoms with Gasteiger partial charge in [0.25, 0.3) is 11.8 Å². The van der Waals surface area contributed by atoms with E-state index in [0.717, 1.165) is 18.1 Å². The topological polar surface area (TPSA) is 102 Å². The van der Waals surface area contributed by atoms with Crippen molar-refractivity contribution in [2.24, 2.45) is 0 Å². The number of nitrogens with zero attached hydrogens (tertiary/aromatic N) is 3. The number of nitrogens with one attached hydrogen (secondary N) is 2. The van der Waals surface area contributed by atoms with E-state index in [2.05, 4.69) is 5.32 Å². The number of anilines is 1. The second-order valence-corrected chi connectivity index (χ2v) is 6.24. The summed E-state index contributed by atoms with van der Waals surface area (Å²) in [6.07, 6.45) is -0.0480. The molecule has 0 aromatic heterocycles. The van der Waals surface area contributed by atoms with Crippen LogP contribution in [0.3, 0.4) is 0 Å². The monoisotopic (exact) mass is 361 g/mol. The molecule has 3 heterocycles. The Morgan fingerprint density at radius 2 is 1.69 bits per heavy atom. The smallest absolute Gasteiger partial charge is 0.343 e. The summed E-state index contributed by atoms with van der Waals surface area (Å²) in [5.41, 5.74) is 0.0934. The van der Waals surface area contributed by atoms with Gasteiger partial charge in [0.2, 0.25) is 5.91 Å². The highest BCUT2D eigenvalue weighted by atomic mass is 19.1. The Morgan fingerprint density at radius 3 is 2.38 bits per heavy atom. The van der Waals surface area contributed by atoms with Crippen LogP contribution in [0.25, 0.3) is 0 Å². The third kappa shape index (κ3) is 2.49. The van der Waals surface area contributed by atoms with E-state index in [1.165, 1.54) is 12.1 Å². The largest absolute Gasteiger partial charge is 0.369 e. The third-order valence-electron chi connectivity index (χ3n) is 4.66. The molecule has 10 heteroatoms. The van der Waals surface area contributed by atoms with Gasteiger partial charge in [0, 0.05) is 38.3 Å². The molecule has 9 nitrogen and oxygen atoms in total. The molecule has 1 aromatic rings. The highest BCUT2D eigenvalue weighted by molar-refractivity contribution is 6.22. The molecule has 0 radical (unpaired) electrons. The molecule has 3 aliphatic heterocycles. The van der Waals surface area contributed by atoms with Gasteiger partial charge in [-0.25, -0.2) is 14.2 Å². The van der Waals surface area contributed by atoms with E-state index in [9.17, 15) is 23.6 Å². The van der Waals surface area contributed by atoms with Gasteiger partial charge in [-0.3, -0.25) is 19.7 Å². The van der Waals surface area contributed by atoms with Crippen LogP contribution in [0.2, 0.25) is 0 Å². The normalized spacial score (nSPS) is 20.6. The molecule has 0 spiro atoms. The van der Waals surface area contributed by atoms with Gasteiger partial charge >= 0.3 is 6.03 Å². The molecule has 0 bridgehead atoms. The summed E-state index contributed by atoms with van der Waals surface area (Å²) < 4.78 is 14.6. The lowest BCUT2D eigenvalue weighted by atomic mass is 10.1. The molecule has 26 heavy (non-hydrogen) atoms. The summed E-state index contributed by atoms with van der Waals surface area (Å²) in [6.45, 7) is 2.66. The Labute approximate surface area is 147 Å². The number of amides is 5. The molecule has 2 fully saturated rings. The molecule has 2 N–H and O–H groups in total. The number of rotatable bonds is 2. The van der Waals surface area contributed by atoms with Crippen LogP contribution in [0, 0.1) is 5.82 Å². The zero-order valence-corrected chi connectivity index (χ0v) is 13.7. The number of imide groups is 2. The number of hydrogen-bond acceptors (Lipinski definition) is 6. The van der Waals surface area contributed by atoms with Crippen LogP contribution in [0.15, 0.2) is 12.1 Å². The first-order valence-electron chi connectivity index (χ1n) is 8.26. The number of hydrogen-bond donors (Lipinski definition) is 2. The van der Waals surface area contributed by atoms with Gasteiger partial charge in [-0.05, 0) is 12.1 Å². The van der Waals surface area contributed by atoms with Crippen LogP contribution >= 0.6 is 0 Å². The average Bonchev–Trinajstić information content (AvgIpc) is 2.87. The molecule has 5 amide bonds. The van der Waals surface area contributed by atoms with Gasteiger partial charge in [-0.15, -0.1) is 0 Å². The Bertz CT molecular complexity index is 836. The van der Waals surface area contributed by atoms with Crippen molar-refractivity contribution in [3.8, 4) is 0 Å². The lowest BCUT2D eigenvalue weighted by molar-refractivity contribution is -0.122. The first kappa shape index (κ1) is 16.5. The minimum atomic E-state index is -0.904. The number of halogens is 1. The van der Waals surface area contributed by atoms with Gasteiger partial charge < -0.3 is 10.2 Å². The lowest BCUT2D eigenvalue weighted by Gasteiger charge is -2.32. The van der Waals surface area contributed by atoms with Crippen molar-refractivity contribution in [2.45, 2.75) is 6.42 Å². The fourth-order valence-electron chi connectivity index (χ4n) is 3.36. The zero-order chi connectivity index (χ0) is 18.4. The molecule has 0 atom stereocenters. The van der Waals surface area contributed by atoms with Crippen molar-refractivity contribution in [2.75, 3.05) is 37.6 Å². The first-order chi connectivity index (χ1) is 12.5. The van der Waals surface area contributed by atoms with Crippen LogP contribution in [0.5, 0.6) is 0 Å². The molecule has 4 rings (SSSR count). The lowest BCUT2D eigenvalue weighted by Crippen LogP contribution is -2.58. The maximum Gasteiger partial charge on any atom is 0.343 e. The summed E-state index contributed by atoms with van der Waals surface area (Å²) in [5, 5.41) is 6.68. The Hall–Kier alpha value is -3.01. The number of carbonyl (C=O) groups excluding carboxylic acids is 4. The molecule has 1 aromatic carbocycles. The van der Waals surface area contributed by atoms with Crippen LogP contribution in [0.4, 0.5) is 14.9 Å². The second kappa shape index (κ2) is 6.06. The molecule has 3 aliphatic rings. The molecular formula is C16H16FN5O4. The fraction of sp³-hybridized carbons (Fsp3) is 0.375. The first-order valence-corrected chi connectivity index (χ1v) is 8.26. The Morgan fingerprint density at radius 1 is 0.962 bits per heavy atom. The van der Waals surface area contributed by atoms with Crippen molar-refractivity contribution >= 4 is 29.4 Å². The van der Waals surface area contributed by atoms with Crippen molar-refractivity contribution in [1.82, 2.24) is 20.7 Å². The predicted octanol–water partition coefficient (Wildman–Crippen LogP) is -0.312. The van der Waals surface area contributed by atoms with Gasteiger partial charge in [-0.2, -0.15) is 5.01 Å². The van der Waals surface area contributed by atoms with Crippen LogP contribution in [-0.2, 0) is 4.79 Å². The standard InChI is InChI=1S/C16H16FN5O4/c17-11-8-9(20-5-2-18-3-6-20)7-10-13(11)15(25)22(14(10)24)21-4-1-12(23)19-16(21)26/h7-8,18H,1-6H2,(H,19,23,26). The van der Waals surface area contributed by atoms with Crippen molar-refractivity contribution in [3.63, 3.8) is 0 Å². The van der Waals surface area contributed by atoms with E-state index in [0.29, 0.717) is 23.8 Å². The number of urea groups is 1. The number of benzene rings is 1. The summed E-state index contributed by atoms with van der Waals surface area (Å²) in [7, 11) is 0. The molecule has 2 saturated heterocycles. The number of carbonyl (C=O) groups is 4. The predicted molar refractivity (Wildman–Crippen MR) is 86.8 cm³/mol. The van der Waals surface area contributed by atoms with Crippen LogP contribution in [-0.4, -0.2) is 66.5 Å². The zero-order valence-electron chi connectivity index (χ0n) is 13.7. The van der Waals surface area contributed by atoms with E-state index in [4.69, 9.17) is 0 Å². The molecule has 0 unspecified atom stereocenters. The fourth-order valence-corrected chi connectivity index (χ4v) is 3.36. The van der Waals surface area contributed by atoms with E-state index in [1.54, 1.807) is 0 Å². The maximum atomic E-state index is 14.6. The minimum absolute atomic E-state index is 0.0480. The minimum Gasteiger partial charge on any atom is -0.369 e. The molecule has 0 aliphatic carbocycles. The Kier molecular flexibility index (Phi) is 3.83. The third-order valence-corrected chi connectivity index (χ3v) is 4.66. The maximum absolute atomic E-state index is 14.6. The molecular weight excluding hydrogens is 345 g/mol. The molecule has 136 valence electrons. The van der Waals surface area contributed by atoms with Gasteiger partial charge in [0.1, 0.15) is 5.82 Å². The Balaban J connectivity index is 1.68. The summed E-state index contributed by atoms with van der Waals surface area (Å²) in [5.74, 6) is -2.97. The summed E-state index contributed by atoms with van der Waals surface area (Å²) in [4.78, 5) is 50.5. The van der Waals surface area contributed by atoms with Crippen molar-refractivity contribution in [3.05, 3.63) is 29.1 Å². The summed E-state index contributed by atoms with van der Waals surface area (Å²) >= 11 is 0. The number of hydrazine groups is 1. The van der Waals surface area contributed by atoms with Gasteiger partial charge in [0.15, 0.2) is 0 Å².